The van der Waals surface area contributed by atoms with Crippen LogP contribution in [0.25, 0.3) is 0 Å². The van der Waals surface area contributed by atoms with Gasteiger partial charge in [-0.15, -0.1) is 0 Å². The lowest BCUT2D eigenvalue weighted by atomic mass is 9.84. The van der Waals surface area contributed by atoms with Crippen molar-refractivity contribution in [3.63, 3.8) is 0 Å². The number of hydrogen-bond acceptors (Lipinski definition) is 9. The van der Waals surface area contributed by atoms with Gasteiger partial charge in [-0.2, -0.15) is 0 Å². The largest absolute Gasteiger partial charge is 0.497 e. The van der Waals surface area contributed by atoms with E-state index < -0.39 is 22.9 Å². The lowest BCUT2D eigenvalue weighted by molar-refractivity contribution is -0.384. The zero-order valence-corrected chi connectivity index (χ0v) is 29.0. The van der Waals surface area contributed by atoms with Gasteiger partial charge in [0.15, 0.2) is 11.5 Å². The second kappa shape index (κ2) is 15.6. The third-order valence-electron chi connectivity index (χ3n) is 8.91. The van der Waals surface area contributed by atoms with Gasteiger partial charge < -0.3 is 28.4 Å². The van der Waals surface area contributed by atoms with Gasteiger partial charge in [0.25, 0.3) is 5.69 Å². The van der Waals surface area contributed by atoms with E-state index in [1.165, 1.54) is 31.4 Å². The molecule has 0 unspecified atom stereocenters. The van der Waals surface area contributed by atoms with E-state index >= 15 is 0 Å². The molecule has 0 saturated heterocycles. The number of nitrogens with zero attached hydrogens (tertiary/aromatic N) is 1. The molecule has 53 heavy (non-hydrogen) atoms. The summed E-state index contributed by atoms with van der Waals surface area (Å²) < 4.78 is 36.4. The molecule has 0 saturated carbocycles. The number of benzene rings is 6. The van der Waals surface area contributed by atoms with Crippen molar-refractivity contribution < 1.29 is 38.1 Å². The van der Waals surface area contributed by atoms with Crippen LogP contribution in [0.3, 0.4) is 0 Å². The van der Waals surface area contributed by atoms with Crippen molar-refractivity contribution in [2.45, 2.75) is 25.2 Å². The van der Waals surface area contributed by atoms with Crippen molar-refractivity contribution >= 4 is 11.7 Å². The van der Waals surface area contributed by atoms with Gasteiger partial charge in [-0.1, -0.05) is 72.8 Å². The molecule has 0 radical (unpaired) electrons. The van der Waals surface area contributed by atoms with E-state index in [-0.39, 0.29) is 22.7 Å². The van der Waals surface area contributed by atoms with Crippen molar-refractivity contribution in [1.29, 1.82) is 0 Å². The number of methoxy groups -OCH3 is 2. The van der Waals surface area contributed by atoms with Gasteiger partial charge in [-0.25, -0.2) is 4.79 Å². The molecule has 266 valence electrons. The van der Waals surface area contributed by atoms with Gasteiger partial charge in [0, 0.05) is 29.8 Å². The van der Waals surface area contributed by atoms with Crippen molar-refractivity contribution in [2.75, 3.05) is 14.2 Å². The number of rotatable bonds is 13. The van der Waals surface area contributed by atoms with E-state index in [2.05, 4.69) is 0 Å². The van der Waals surface area contributed by atoms with Crippen LogP contribution in [0, 0.1) is 10.1 Å². The second-order valence-corrected chi connectivity index (χ2v) is 12.3. The molecule has 0 bridgehead atoms. The van der Waals surface area contributed by atoms with Crippen molar-refractivity contribution in [3.8, 4) is 34.5 Å². The molecule has 0 fully saturated rings. The highest BCUT2D eigenvalue weighted by Gasteiger charge is 2.39. The van der Waals surface area contributed by atoms with E-state index in [9.17, 15) is 14.9 Å². The van der Waals surface area contributed by atoms with Crippen molar-refractivity contribution in [3.05, 3.63) is 183 Å². The highest BCUT2D eigenvalue weighted by atomic mass is 16.6. The molecule has 0 spiro atoms. The van der Waals surface area contributed by atoms with Gasteiger partial charge in [-0.3, -0.25) is 10.1 Å². The third-order valence-corrected chi connectivity index (χ3v) is 8.91. The topological polar surface area (TPSA) is 116 Å². The fourth-order valence-corrected chi connectivity index (χ4v) is 6.22. The molecule has 0 aliphatic carbocycles. The Balaban J connectivity index is 1.29. The van der Waals surface area contributed by atoms with Crippen LogP contribution in [0.5, 0.6) is 34.5 Å². The Hall–Kier alpha value is -6.81. The Morgan fingerprint density at radius 2 is 1.26 bits per heavy atom. The van der Waals surface area contributed by atoms with Gasteiger partial charge in [0.05, 0.1) is 30.6 Å². The van der Waals surface area contributed by atoms with E-state index in [4.69, 9.17) is 28.4 Å². The first kappa shape index (κ1) is 34.6. The first-order valence-corrected chi connectivity index (χ1v) is 16.9. The summed E-state index contributed by atoms with van der Waals surface area (Å²) in [7, 11) is 3.09. The first-order valence-electron chi connectivity index (χ1n) is 16.9. The lowest BCUT2D eigenvalue weighted by Crippen LogP contribution is -2.12. The molecule has 2 atom stereocenters. The fraction of sp³-hybridized carbons (Fsp3) is 0.140. The van der Waals surface area contributed by atoms with Crippen LogP contribution in [0.4, 0.5) is 5.69 Å². The Morgan fingerprint density at radius 1 is 0.660 bits per heavy atom. The quantitative estimate of drug-likeness (QED) is 0.0501. The number of carbonyl (C=O) groups excluding carboxylic acids is 1. The standard InChI is InChI=1S/C43H35NO9/c1-48-34-19-15-30(16-20-34)42-41(37-24-40(39(49-2)25-38(37)52-42)53-43(45)31-13-17-33(18-14-31)44(46)47)32-21-35(50-26-28-9-5-3-6-10-28)23-36(22-32)51-27-29-11-7-4-8-12-29/h3-25,41-42H,26-27H2,1-2H3/t41-,42+/m0/s1. The summed E-state index contributed by atoms with van der Waals surface area (Å²) in [6.45, 7) is 0.698. The summed E-state index contributed by atoms with van der Waals surface area (Å²) in [4.78, 5) is 23.9. The molecule has 1 heterocycles. The van der Waals surface area contributed by atoms with Crippen LogP contribution in [-0.4, -0.2) is 25.1 Å². The summed E-state index contributed by atoms with van der Waals surface area (Å²) >= 11 is 0. The fourth-order valence-electron chi connectivity index (χ4n) is 6.22. The highest BCUT2D eigenvalue weighted by Crippen LogP contribution is 2.53. The summed E-state index contributed by atoms with van der Waals surface area (Å²) in [5.41, 5.74) is 4.51. The summed E-state index contributed by atoms with van der Waals surface area (Å²) in [5, 5.41) is 11.2. The molecule has 1 aliphatic heterocycles. The number of nitro groups is 1. The maximum Gasteiger partial charge on any atom is 0.343 e. The van der Waals surface area contributed by atoms with Crippen LogP contribution in [0.1, 0.15) is 50.2 Å². The van der Waals surface area contributed by atoms with Crippen LogP contribution in [0.2, 0.25) is 0 Å². The maximum atomic E-state index is 13.3. The van der Waals surface area contributed by atoms with Crippen LogP contribution in [-0.2, 0) is 13.2 Å². The average Bonchev–Trinajstić information content (AvgIpc) is 3.58. The van der Waals surface area contributed by atoms with E-state index in [0.717, 1.165) is 27.8 Å². The monoisotopic (exact) mass is 709 g/mol. The third kappa shape index (κ3) is 7.92. The zero-order chi connectivity index (χ0) is 36.7. The number of carbonyl (C=O) groups is 1. The zero-order valence-electron chi connectivity index (χ0n) is 29.0. The normalized spacial score (nSPS) is 14.4. The molecule has 10 heteroatoms. The minimum Gasteiger partial charge on any atom is -0.497 e. The molecule has 1 aliphatic rings. The van der Waals surface area contributed by atoms with Crippen LogP contribution < -0.4 is 28.4 Å². The summed E-state index contributed by atoms with van der Waals surface area (Å²) in [6, 6.07) is 42.0. The van der Waals surface area contributed by atoms with Crippen LogP contribution >= 0.6 is 0 Å². The van der Waals surface area contributed by atoms with Crippen molar-refractivity contribution in [2.24, 2.45) is 0 Å². The predicted molar refractivity (Wildman–Crippen MR) is 197 cm³/mol. The molecule has 0 N–H and O–H groups in total. The predicted octanol–water partition coefficient (Wildman–Crippen LogP) is 9.25. The molecule has 10 nitrogen and oxygen atoms in total. The van der Waals surface area contributed by atoms with E-state index in [0.29, 0.717) is 36.2 Å². The first-order chi connectivity index (χ1) is 25.9. The number of esters is 1. The number of fused-ring (bicyclic) bond motifs is 1. The number of non-ortho nitro benzene ring substituents is 1. The number of ether oxygens (including phenoxy) is 6. The summed E-state index contributed by atoms with van der Waals surface area (Å²) in [5.74, 6) is 1.79. The Bertz CT molecular complexity index is 2140. The Kier molecular flexibility index (Phi) is 10.2. The maximum absolute atomic E-state index is 13.3. The van der Waals surface area contributed by atoms with E-state index in [1.54, 1.807) is 19.2 Å². The number of nitro benzene ring substituents is 1. The van der Waals surface area contributed by atoms with Crippen molar-refractivity contribution in [1.82, 2.24) is 0 Å². The Labute approximate surface area is 306 Å². The lowest BCUT2D eigenvalue weighted by Gasteiger charge is -2.22. The van der Waals surface area contributed by atoms with Gasteiger partial charge in [0.2, 0.25) is 0 Å². The minimum absolute atomic E-state index is 0.136. The average molecular weight is 710 g/mol. The van der Waals surface area contributed by atoms with Crippen LogP contribution in [0.15, 0.2) is 140 Å². The molecule has 0 amide bonds. The molecule has 6 aromatic carbocycles. The molecule has 6 aromatic rings. The molecule has 7 rings (SSSR count). The molecular formula is C43H35NO9. The second-order valence-electron chi connectivity index (χ2n) is 12.3. The molecular weight excluding hydrogens is 674 g/mol. The van der Waals surface area contributed by atoms with E-state index in [1.807, 2.05) is 103 Å². The SMILES string of the molecule is COc1ccc([C@H]2Oc3cc(OC)c(OC(=O)c4ccc([N+](=O)[O-])cc4)cc3[C@@H]2c2cc(OCc3ccccc3)cc(OCc3ccccc3)c2)cc1. The minimum atomic E-state index is -0.701. The number of hydrogen-bond donors (Lipinski definition) is 0. The summed E-state index contributed by atoms with van der Waals surface area (Å²) in [6.07, 6.45) is -0.507. The Morgan fingerprint density at radius 3 is 1.81 bits per heavy atom. The molecule has 0 aromatic heterocycles. The van der Waals surface area contributed by atoms with Gasteiger partial charge in [0.1, 0.15) is 42.3 Å². The van der Waals surface area contributed by atoms with Gasteiger partial charge in [-0.05, 0) is 64.7 Å². The smallest absolute Gasteiger partial charge is 0.343 e. The highest BCUT2D eigenvalue weighted by molar-refractivity contribution is 5.91. The van der Waals surface area contributed by atoms with Gasteiger partial charge >= 0.3 is 5.97 Å².